The first-order valence-electron chi connectivity index (χ1n) is 8.92. The SMILES string of the molecule is CCOC(Cc1ccc(OCCN(CC2CC2)C(=O)OC)cc1)C(=O)O. The molecule has 1 atom stereocenters. The fourth-order valence-electron chi connectivity index (χ4n) is 2.63. The highest BCUT2D eigenvalue weighted by molar-refractivity contribution is 5.72. The molecule has 1 aromatic carbocycles. The van der Waals surface area contributed by atoms with Gasteiger partial charge in [0.25, 0.3) is 0 Å². The van der Waals surface area contributed by atoms with Crippen LogP contribution in [0.3, 0.4) is 0 Å². The van der Waals surface area contributed by atoms with Crippen molar-refractivity contribution in [2.24, 2.45) is 5.92 Å². The Morgan fingerprint density at radius 1 is 1.27 bits per heavy atom. The Labute approximate surface area is 153 Å². The van der Waals surface area contributed by atoms with Crippen LogP contribution in [0.15, 0.2) is 24.3 Å². The van der Waals surface area contributed by atoms with Gasteiger partial charge in [0.1, 0.15) is 12.4 Å². The van der Waals surface area contributed by atoms with E-state index in [0.717, 1.165) is 18.4 Å². The van der Waals surface area contributed by atoms with E-state index < -0.39 is 12.1 Å². The molecule has 0 bridgehead atoms. The van der Waals surface area contributed by atoms with E-state index in [9.17, 15) is 9.59 Å². The van der Waals surface area contributed by atoms with Gasteiger partial charge in [0.2, 0.25) is 0 Å². The summed E-state index contributed by atoms with van der Waals surface area (Å²) < 4.78 is 15.7. The van der Waals surface area contributed by atoms with Crippen molar-refractivity contribution in [3.05, 3.63) is 29.8 Å². The van der Waals surface area contributed by atoms with Crippen LogP contribution in [0, 0.1) is 5.92 Å². The maximum Gasteiger partial charge on any atom is 0.409 e. The Hall–Kier alpha value is -2.28. The molecule has 26 heavy (non-hydrogen) atoms. The number of hydrogen-bond donors (Lipinski definition) is 1. The molecule has 1 N–H and O–H groups in total. The third-order valence-corrected chi connectivity index (χ3v) is 4.23. The van der Waals surface area contributed by atoms with Gasteiger partial charge in [-0.3, -0.25) is 0 Å². The van der Waals surface area contributed by atoms with Gasteiger partial charge in [0.05, 0.1) is 13.7 Å². The van der Waals surface area contributed by atoms with Crippen molar-refractivity contribution in [1.29, 1.82) is 0 Å². The molecule has 0 heterocycles. The highest BCUT2D eigenvalue weighted by Crippen LogP contribution is 2.29. The number of carbonyl (C=O) groups is 2. The van der Waals surface area contributed by atoms with Crippen LogP contribution >= 0.6 is 0 Å². The molecule has 2 rings (SSSR count). The summed E-state index contributed by atoms with van der Waals surface area (Å²) in [5.74, 6) is 0.292. The number of carboxylic acid groups (broad SMARTS) is 1. The molecule has 0 radical (unpaired) electrons. The molecular formula is C19H27NO6. The van der Waals surface area contributed by atoms with Crippen molar-refractivity contribution in [3.63, 3.8) is 0 Å². The van der Waals surface area contributed by atoms with Crippen LogP contribution in [0.2, 0.25) is 0 Å². The quantitative estimate of drug-likeness (QED) is 0.649. The molecule has 1 saturated carbocycles. The minimum atomic E-state index is -0.967. The van der Waals surface area contributed by atoms with Crippen molar-refractivity contribution in [1.82, 2.24) is 4.90 Å². The third-order valence-electron chi connectivity index (χ3n) is 4.23. The number of aliphatic carboxylic acids is 1. The fraction of sp³-hybridized carbons (Fsp3) is 0.579. The summed E-state index contributed by atoms with van der Waals surface area (Å²) in [4.78, 5) is 24.6. The number of ether oxygens (including phenoxy) is 3. The number of amides is 1. The van der Waals surface area contributed by atoms with Crippen LogP contribution in [0.25, 0.3) is 0 Å². The van der Waals surface area contributed by atoms with Crippen LogP contribution < -0.4 is 4.74 Å². The smallest absolute Gasteiger partial charge is 0.409 e. The van der Waals surface area contributed by atoms with Crippen molar-refractivity contribution in [2.45, 2.75) is 32.3 Å². The van der Waals surface area contributed by atoms with E-state index in [1.807, 2.05) is 12.1 Å². The molecule has 0 aliphatic heterocycles. The predicted octanol–water partition coefficient (Wildman–Crippen LogP) is 2.58. The van der Waals surface area contributed by atoms with Crippen molar-refractivity contribution >= 4 is 12.1 Å². The molecule has 0 aromatic heterocycles. The van der Waals surface area contributed by atoms with Gasteiger partial charge in [-0.2, -0.15) is 0 Å². The van der Waals surface area contributed by atoms with Gasteiger partial charge < -0.3 is 24.2 Å². The molecule has 1 aliphatic rings. The first kappa shape index (κ1) is 20.0. The number of nitrogens with zero attached hydrogens (tertiary/aromatic N) is 1. The number of rotatable bonds is 11. The summed E-state index contributed by atoms with van der Waals surface area (Å²) in [6.45, 7) is 3.68. The zero-order valence-corrected chi connectivity index (χ0v) is 15.3. The molecule has 1 fully saturated rings. The molecule has 1 amide bonds. The first-order chi connectivity index (χ1) is 12.5. The predicted molar refractivity (Wildman–Crippen MR) is 95.4 cm³/mol. The maximum absolute atomic E-state index is 11.8. The lowest BCUT2D eigenvalue weighted by Gasteiger charge is -2.21. The summed E-state index contributed by atoms with van der Waals surface area (Å²) in [6.07, 6.45) is 1.46. The molecule has 1 aromatic rings. The van der Waals surface area contributed by atoms with Crippen molar-refractivity contribution < 1.29 is 28.9 Å². The van der Waals surface area contributed by atoms with Crippen LogP contribution in [0.5, 0.6) is 5.75 Å². The van der Waals surface area contributed by atoms with Crippen LogP contribution in [-0.4, -0.2) is 61.6 Å². The highest BCUT2D eigenvalue weighted by Gasteiger charge is 2.27. The largest absolute Gasteiger partial charge is 0.492 e. The molecule has 7 nitrogen and oxygen atoms in total. The monoisotopic (exact) mass is 365 g/mol. The summed E-state index contributed by atoms with van der Waals surface area (Å²) in [6, 6.07) is 7.24. The molecule has 0 spiro atoms. The zero-order chi connectivity index (χ0) is 18.9. The Balaban J connectivity index is 1.80. The Morgan fingerprint density at radius 3 is 2.50 bits per heavy atom. The Kier molecular flexibility index (Phi) is 7.72. The topological polar surface area (TPSA) is 85.3 Å². The van der Waals surface area contributed by atoms with Gasteiger partial charge in [-0.05, 0) is 43.4 Å². The Bertz CT molecular complexity index is 584. The van der Waals surface area contributed by atoms with E-state index in [1.54, 1.807) is 24.0 Å². The van der Waals surface area contributed by atoms with Crippen molar-refractivity contribution in [2.75, 3.05) is 33.4 Å². The molecule has 0 saturated heterocycles. The summed E-state index contributed by atoms with van der Waals surface area (Å²) >= 11 is 0. The van der Waals surface area contributed by atoms with Gasteiger partial charge >= 0.3 is 12.1 Å². The van der Waals surface area contributed by atoms with E-state index in [0.29, 0.717) is 44.4 Å². The number of carboxylic acids is 1. The van der Waals surface area contributed by atoms with Gasteiger partial charge in [0, 0.05) is 19.6 Å². The standard InChI is InChI=1S/C19H27NO6/c1-3-25-17(18(21)22)12-14-6-8-16(9-7-14)26-11-10-20(19(23)24-2)13-15-4-5-15/h6-9,15,17H,3-5,10-13H2,1-2H3,(H,21,22). The second kappa shape index (κ2) is 10.0. The fourth-order valence-corrected chi connectivity index (χ4v) is 2.63. The second-order valence-electron chi connectivity index (χ2n) is 6.34. The first-order valence-corrected chi connectivity index (χ1v) is 8.92. The van der Waals surface area contributed by atoms with E-state index >= 15 is 0 Å². The molecule has 1 aliphatic carbocycles. The van der Waals surface area contributed by atoms with E-state index in [2.05, 4.69) is 0 Å². The summed E-state index contributed by atoms with van der Waals surface area (Å²) in [5, 5.41) is 9.13. The van der Waals surface area contributed by atoms with Crippen LogP contribution in [0.4, 0.5) is 4.79 Å². The summed E-state index contributed by atoms with van der Waals surface area (Å²) in [7, 11) is 1.38. The second-order valence-corrected chi connectivity index (χ2v) is 6.34. The third kappa shape index (κ3) is 6.55. The molecule has 144 valence electrons. The maximum atomic E-state index is 11.8. The molecule has 7 heteroatoms. The van der Waals surface area contributed by atoms with E-state index in [1.165, 1.54) is 7.11 Å². The Morgan fingerprint density at radius 2 is 1.96 bits per heavy atom. The van der Waals surface area contributed by atoms with E-state index in [4.69, 9.17) is 19.3 Å². The lowest BCUT2D eigenvalue weighted by molar-refractivity contribution is -0.149. The molecular weight excluding hydrogens is 338 g/mol. The van der Waals surface area contributed by atoms with Crippen LogP contribution in [0.1, 0.15) is 25.3 Å². The average molecular weight is 365 g/mol. The van der Waals surface area contributed by atoms with Gasteiger partial charge in [-0.1, -0.05) is 12.1 Å². The van der Waals surface area contributed by atoms with Gasteiger partial charge in [-0.15, -0.1) is 0 Å². The average Bonchev–Trinajstić information content (AvgIpc) is 3.45. The van der Waals surface area contributed by atoms with Crippen LogP contribution in [-0.2, 0) is 20.7 Å². The minimum Gasteiger partial charge on any atom is -0.492 e. The molecule has 1 unspecified atom stereocenters. The zero-order valence-electron chi connectivity index (χ0n) is 15.3. The number of hydrogen-bond acceptors (Lipinski definition) is 5. The number of benzene rings is 1. The van der Waals surface area contributed by atoms with Crippen molar-refractivity contribution in [3.8, 4) is 5.75 Å². The minimum absolute atomic E-state index is 0.307. The summed E-state index contributed by atoms with van der Waals surface area (Å²) in [5.41, 5.74) is 0.864. The number of methoxy groups -OCH3 is 1. The normalized spacial score (nSPS) is 14.5. The van der Waals surface area contributed by atoms with Gasteiger partial charge in [0.15, 0.2) is 6.10 Å². The lowest BCUT2D eigenvalue weighted by atomic mass is 10.1. The number of carbonyl (C=O) groups excluding carboxylic acids is 1. The lowest BCUT2D eigenvalue weighted by Crippen LogP contribution is -2.36. The van der Waals surface area contributed by atoms with E-state index in [-0.39, 0.29) is 6.09 Å². The highest BCUT2D eigenvalue weighted by atomic mass is 16.5. The van der Waals surface area contributed by atoms with Gasteiger partial charge in [-0.25, -0.2) is 9.59 Å².